The zero-order valence-electron chi connectivity index (χ0n) is 10.1. The lowest BCUT2D eigenvalue weighted by Gasteiger charge is -2.32. The van der Waals surface area contributed by atoms with Crippen molar-refractivity contribution in [3.63, 3.8) is 0 Å². The third-order valence-corrected chi connectivity index (χ3v) is 4.34. The minimum absolute atomic E-state index is 0.0296. The van der Waals surface area contributed by atoms with E-state index in [2.05, 4.69) is 10.4 Å². The molecular weight excluding hydrogens is 275 g/mol. The van der Waals surface area contributed by atoms with Crippen molar-refractivity contribution < 1.29 is 13.2 Å². The fourth-order valence-electron chi connectivity index (χ4n) is 2.34. The van der Waals surface area contributed by atoms with Crippen LogP contribution in [-0.4, -0.2) is 16.0 Å². The normalized spacial score (nSPS) is 22.9. The predicted octanol–water partition coefficient (Wildman–Crippen LogP) is 3.91. The Morgan fingerprint density at radius 3 is 2.79 bits per heavy atom. The molecule has 2 aromatic rings. The molecule has 0 saturated carbocycles. The number of rotatable bonds is 1. The van der Waals surface area contributed by atoms with Gasteiger partial charge < -0.3 is 5.32 Å². The SMILES string of the molecule is Cc1ccc(C2CC(C(F)(F)F)n3nccc3N2)s1. The van der Waals surface area contributed by atoms with Crippen molar-refractivity contribution in [2.75, 3.05) is 5.32 Å². The summed E-state index contributed by atoms with van der Waals surface area (Å²) < 4.78 is 40.3. The van der Waals surface area contributed by atoms with Crippen LogP contribution in [0.5, 0.6) is 0 Å². The summed E-state index contributed by atoms with van der Waals surface area (Å²) in [5.74, 6) is 0.421. The van der Waals surface area contributed by atoms with Crippen molar-refractivity contribution >= 4 is 17.2 Å². The van der Waals surface area contributed by atoms with Crippen LogP contribution in [0, 0.1) is 6.92 Å². The van der Waals surface area contributed by atoms with E-state index < -0.39 is 12.2 Å². The zero-order chi connectivity index (χ0) is 13.6. The maximum atomic E-state index is 13.1. The molecule has 1 aliphatic heterocycles. The summed E-state index contributed by atoms with van der Waals surface area (Å²) in [5, 5.41) is 6.90. The number of anilines is 1. The molecule has 2 unspecified atom stereocenters. The first-order chi connectivity index (χ1) is 8.95. The van der Waals surface area contributed by atoms with E-state index in [0.29, 0.717) is 5.82 Å². The molecular formula is C12H12F3N3S. The van der Waals surface area contributed by atoms with Crippen molar-refractivity contribution in [1.29, 1.82) is 0 Å². The maximum Gasteiger partial charge on any atom is 0.410 e. The van der Waals surface area contributed by atoms with Crippen LogP contribution in [0.3, 0.4) is 0 Å². The Hall–Kier alpha value is -1.50. The van der Waals surface area contributed by atoms with Crippen molar-refractivity contribution in [2.45, 2.75) is 31.6 Å². The van der Waals surface area contributed by atoms with Gasteiger partial charge in [0.25, 0.3) is 0 Å². The highest BCUT2D eigenvalue weighted by Crippen LogP contribution is 2.44. The van der Waals surface area contributed by atoms with E-state index in [1.165, 1.54) is 17.5 Å². The number of hydrogen-bond acceptors (Lipinski definition) is 3. The lowest BCUT2D eigenvalue weighted by Crippen LogP contribution is -2.35. The molecule has 0 fully saturated rings. The molecule has 1 aliphatic rings. The van der Waals surface area contributed by atoms with Gasteiger partial charge in [0, 0.05) is 22.2 Å². The van der Waals surface area contributed by atoms with Gasteiger partial charge in [0.2, 0.25) is 0 Å². The Kier molecular flexibility index (Phi) is 2.81. The molecule has 2 aromatic heterocycles. The van der Waals surface area contributed by atoms with Gasteiger partial charge in [0.05, 0.1) is 12.2 Å². The molecule has 3 nitrogen and oxygen atoms in total. The van der Waals surface area contributed by atoms with E-state index in [9.17, 15) is 13.2 Å². The van der Waals surface area contributed by atoms with E-state index in [4.69, 9.17) is 0 Å². The highest BCUT2D eigenvalue weighted by atomic mass is 32.1. The van der Waals surface area contributed by atoms with Gasteiger partial charge in [0.1, 0.15) is 5.82 Å². The Bertz CT molecular complexity index is 587. The number of nitrogens with one attached hydrogen (secondary N) is 1. The molecule has 0 aromatic carbocycles. The Morgan fingerprint density at radius 1 is 1.37 bits per heavy atom. The van der Waals surface area contributed by atoms with Crippen molar-refractivity contribution in [3.8, 4) is 0 Å². The third-order valence-electron chi connectivity index (χ3n) is 3.23. The van der Waals surface area contributed by atoms with Crippen LogP contribution in [0.1, 0.15) is 28.3 Å². The molecule has 19 heavy (non-hydrogen) atoms. The molecule has 0 saturated heterocycles. The Morgan fingerprint density at radius 2 is 2.16 bits per heavy atom. The van der Waals surface area contributed by atoms with Crippen LogP contribution in [-0.2, 0) is 0 Å². The van der Waals surface area contributed by atoms with E-state index in [1.54, 1.807) is 6.07 Å². The van der Waals surface area contributed by atoms with Crippen molar-refractivity contribution in [3.05, 3.63) is 34.2 Å². The first kappa shape index (κ1) is 12.5. The quantitative estimate of drug-likeness (QED) is 0.861. The van der Waals surface area contributed by atoms with Crippen LogP contribution in [0.2, 0.25) is 0 Å². The number of fused-ring (bicyclic) bond motifs is 1. The van der Waals surface area contributed by atoms with Gasteiger partial charge in [0.15, 0.2) is 6.04 Å². The lowest BCUT2D eigenvalue weighted by atomic mass is 10.0. The molecule has 0 aliphatic carbocycles. The van der Waals surface area contributed by atoms with E-state index in [1.807, 2.05) is 19.1 Å². The largest absolute Gasteiger partial charge is 0.410 e. The summed E-state index contributed by atoms with van der Waals surface area (Å²) in [6.45, 7) is 1.95. The molecule has 2 atom stereocenters. The summed E-state index contributed by atoms with van der Waals surface area (Å²) in [4.78, 5) is 2.03. The zero-order valence-corrected chi connectivity index (χ0v) is 10.9. The number of aromatic nitrogens is 2. The van der Waals surface area contributed by atoms with Crippen LogP contribution in [0.25, 0.3) is 0 Å². The molecule has 102 valence electrons. The van der Waals surface area contributed by atoms with Gasteiger partial charge in [-0.3, -0.25) is 0 Å². The summed E-state index contributed by atoms with van der Waals surface area (Å²) in [7, 11) is 0. The lowest BCUT2D eigenvalue weighted by molar-refractivity contribution is -0.173. The number of halogens is 3. The van der Waals surface area contributed by atoms with Crippen LogP contribution < -0.4 is 5.32 Å². The number of alkyl halides is 3. The molecule has 3 rings (SSSR count). The highest BCUT2D eigenvalue weighted by molar-refractivity contribution is 7.12. The molecule has 3 heterocycles. The minimum Gasteiger partial charge on any atom is -0.363 e. The second-order valence-corrected chi connectivity index (χ2v) is 5.92. The number of thiophene rings is 1. The van der Waals surface area contributed by atoms with Gasteiger partial charge in [-0.05, 0) is 19.1 Å². The van der Waals surface area contributed by atoms with Gasteiger partial charge in [-0.2, -0.15) is 18.3 Å². The van der Waals surface area contributed by atoms with Crippen molar-refractivity contribution in [1.82, 2.24) is 9.78 Å². The van der Waals surface area contributed by atoms with Crippen LogP contribution in [0.4, 0.5) is 19.0 Å². The molecule has 1 N–H and O–H groups in total. The molecule has 0 spiro atoms. The smallest absolute Gasteiger partial charge is 0.363 e. The molecule has 0 bridgehead atoms. The topological polar surface area (TPSA) is 29.9 Å². The first-order valence-corrected chi connectivity index (χ1v) is 6.70. The minimum atomic E-state index is -4.28. The van der Waals surface area contributed by atoms with E-state index >= 15 is 0 Å². The van der Waals surface area contributed by atoms with E-state index in [0.717, 1.165) is 14.4 Å². The van der Waals surface area contributed by atoms with Gasteiger partial charge in [-0.1, -0.05) is 0 Å². The molecule has 0 radical (unpaired) electrons. The van der Waals surface area contributed by atoms with Crippen LogP contribution in [0.15, 0.2) is 24.4 Å². The number of aryl methyl sites for hydroxylation is 1. The standard InChI is InChI=1S/C12H12F3N3S/c1-7-2-3-9(19-7)8-6-10(12(13,14)15)18-11(17-8)4-5-16-18/h2-5,8,10,17H,6H2,1H3. The summed E-state index contributed by atoms with van der Waals surface area (Å²) >= 11 is 1.52. The second-order valence-electron chi connectivity index (χ2n) is 4.60. The van der Waals surface area contributed by atoms with E-state index in [-0.39, 0.29) is 12.5 Å². The first-order valence-electron chi connectivity index (χ1n) is 5.88. The maximum absolute atomic E-state index is 13.1. The van der Waals surface area contributed by atoms with Crippen molar-refractivity contribution in [2.24, 2.45) is 0 Å². The summed E-state index contributed by atoms with van der Waals surface area (Å²) in [6.07, 6.45) is -2.92. The van der Waals surface area contributed by atoms with Crippen LogP contribution >= 0.6 is 11.3 Å². The highest BCUT2D eigenvalue weighted by Gasteiger charge is 2.46. The monoisotopic (exact) mass is 287 g/mol. The van der Waals surface area contributed by atoms with Gasteiger partial charge in [-0.15, -0.1) is 11.3 Å². The fraction of sp³-hybridized carbons (Fsp3) is 0.417. The third kappa shape index (κ3) is 2.22. The number of hydrogen-bond donors (Lipinski definition) is 1. The Labute approximate surface area is 112 Å². The Balaban J connectivity index is 1.96. The average molecular weight is 287 g/mol. The molecule has 7 heteroatoms. The predicted molar refractivity (Wildman–Crippen MR) is 67.4 cm³/mol. The molecule has 0 amide bonds. The summed E-state index contributed by atoms with van der Waals surface area (Å²) in [5.41, 5.74) is 0. The number of nitrogens with zero attached hydrogens (tertiary/aromatic N) is 2. The average Bonchev–Trinajstić information content (AvgIpc) is 2.94. The summed E-state index contributed by atoms with van der Waals surface area (Å²) in [6, 6.07) is 3.51. The second kappa shape index (κ2) is 4.26. The van der Waals surface area contributed by atoms with Gasteiger partial charge >= 0.3 is 6.18 Å². The van der Waals surface area contributed by atoms with Gasteiger partial charge in [-0.25, -0.2) is 4.68 Å². The fourth-order valence-corrected chi connectivity index (χ4v) is 3.28.